The van der Waals surface area contributed by atoms with E-state index in [1.165, 1.54) is 5.01 Å². The summed E-state index contributed by atoms with van der Waals surface area (Å²) in [5.41, 5.74) is 8.51. The van der Waals surface area contributed by atoms with E-state index in [1.807, 2.05) is 54.6 Å². The van der Waals surface area contributed by atoms with E-state index in [4.69, 9.17) is 10.5 Å². The second-order valence-electron chi connectivity index (χ2n) is 7.27. The fraction of sp³-hybridized carbons (Fsp3) is 0.167. The molecule has 1 aliphatic heterocycles. The lowest BCUT2D eigenvalue weighted by atomic mass is 9.98. The molecule has 7 heteroatoms. The Morgan fingerprint density at radius 3 is 2.52 bits per heavy atom. The van der Waals surface area contributed by atoms with Crippen LogP contribution in [-0.2, 0) is 11.3 Å². The first-order valence-electron chi connectivity index (χ1n) is 9.93. The Hall–Kier alpha value is -4.00. The number of amides is 2. The number of nitrogens with two attached hydrogens (primary N) is 1. The highest BCUT2D eigenvalue weighted by molar-refractivity contribution is 6.03. The zero-order valence-corrected chi connectivity index (χ0v) is 17.1. The van der Waals surface area contributed by atoms with Gasteiger partial charge in [-0.1, -0.05) is 42.5 Å². The monoisotopic (exact) mass is 415 g/mol. The van der Waals surface area contributed by atoms with Crippen molar-refractivity contribution in [2.24, 2.45) is 10.8 Å². The highest BCUT2D eigenvalue weighted by Gasteiger charge is 2.34. The van der Waals surface area contributed by atoms with Crippen molar-refractivity contribution in [3.8, 4) is 5.75 Å². The zero-order chi connectivity index (χ0) is 21.8. The number of rotatable bonds is 6. The number of carbonyl (C=O) groups excluding carboxylic acids is 2. The van der Waals surface area contributed by atoms with Crippen molar-refractivity contribution in [2.75, 3.05) is 7.11 Å². The lowest BCUT2D eigenvalue weighted by Gasteiger charge is -2.21. The fourth-order valence-electron chi connectivity index (χ4n) is 3.63. The number of hydrazone groups is 1. The summed E-state index contributed by atoms with van der Waals surface area (Å²) in [4.78, 5) is 24.7. The van der Waals surface area contributed by atoms with Gasteiger partial charge in [0.1, 0.15) is 11.3 Å². The Balaban J connectivity index is 1.64. The van der Waals surface area contributed by atoms with Crippen LogP contribution in [0.2, 0.25) is 0 Å². The summed E-state index contributed by atoms with van der Waals surface area (Å²) in [6.07, 6.45) is 3.90. The quantitative estimate of drug-likeness (QED) is 0.627. The highest BCUT2D eigenvalue weighted by Crippen LogP contribution is 2.33. The molecule has 2 heterocycles. The van der Waals surface area contributed by atoms with Gasteiger partial charge in [0, 0.05) is 12.5 Å². The molecule has 0 saturated heterocycles. The smallest absolute Gasteiger partial charge is 0.309 e. The van der Waals surface area contributed by atoms with Gasteiger partial charge in [0.25, 0.3) is 5.91 Å². The molecule has 1 aromatic heterocycles. The number of ether oxygens (including phenoxy) is 1. The van der Waals surface area contributed by atoms with E-state index in [0.29, 0.717) is 12.0 Å². The van der Waals surface area contributed by atoms with E-state index in [0.717, 1.165) is 22.6 Å². The van der Waals surface area contributed by atoms with Crippen molar-refractivity contribution in [3.05, 3.63) is 95.8 Å². The minimum Gasteiger partial charge on any atom is -0.497 e. The van der Waals surface area contributed by atoms with E-state index in [2.05, 4.69) is 5.10 Å². The summed E-state index contributed by atoms with van der Waals surface area (Å²) in [6, 6.07) is 20.6. The Morgan fingerprint density at radius 1 is 1.10 bits per heavy atom. The standard InChI is InChI=1S/C24H22N4O3/c1-31-20-11-9-18(10-12-20)22-14-21(17-6-3-2-4-7-17)26-28(22)23(29)16-27-13-5-8-19(15-27)24(25)30/h2-13,15,22H,14,16H2,1H3,(H-,25,30)/p+1/t22-/m0/s1. The summed E-state index contributed by atoms with van der Waals surface area (Å²) >= 11 is 0. The van der Waals surface area contributed by atoms with Crippen LogP contribution in [0.1, 0.15) is 33.9 Å². The van der Waals surface area contributed by atoms with Crippen LogP contribution < -0.4 is 15.0 Å². The molecule has 0 bridgehead atoms. The van der Waals surface area contributed by atoms with E-state index < -0.39 is 5.91 Å². The fourth-order valence-corrected chi connectivity index (χ4v) is 3.63. The number of carbonyl (C=O) groups is 2. The van der Waals surface area contributed by atoms with Crippen LogP contribution in [0.5, 0.6) is 5.75 Å². The van der Waals surface area contributed by atoms with Crippen LogP contribution in [0.25, 0.3) is 0 Å². The van der Waals surface area contributed by atoms with Crippen LogP contribution >= 0.6 is 0 Å². The first kappa shape index (κ1) is 20.3. The molecule has 2 N–H and O–H groups in total. The topological polar surface area (TPSA) is 88.9 Å². The number of primary amides is 1. The average Bonchev–Trinajstić information content (AvgIpc) is 3.25. The number of hydrogen-bond donors (Lipinski definition) is 1. The molecule has 156 valence electrons. The second-order valence-corrected chi connectivity index (χ2v) is 7.27. The predicted molar refractivity (Wildman–Crippen MR) is 115 cm³/mol. The molecule has 0 spiro atoms. The Morgan fingerprint density at radius 2 is 1.84 bits per heavy atom. The van der Waals surface area contributed by atoms with E-state index in [9.17, 15) is 9.59 Å². The summed E-state index contributed by atoms with van der Waals surface area (Å²) in [5.74, 6) is 0.0319. The lowest BCUT2D eigenvalue weighted by molar-refractivity contribution is -0.685. The minimum absolute atomic E-state index is 0.0410. The van der Waals surface area contributed by atoms with Gasteiger partial charge in [-0.05, 0) is 29.3 Å². The van der Waals surface area contributed by atoms with Gasteiger partial charge in [0.2, 0.25) is 6.54 Å². The van der Waals surface area contributed by atoms with Gasteiger partial charge >= 0.3 is 5.91 Å². The third-order valence-electron chi connectivity index (χ3n) is 5.23. The lowest BCUT2D eigenvalue weighted by Crippen LogP contribution is -2.43. The van der Waals surface area contributed by atoms with Gasteiger partial charge in [-0.2, -0.15) is 9.67 Å². The number of methoxy groups -OCH3 is 1. The maximum absolute atomic E-state index is 13.2. The molecule has 3 aromatic rings. The van der Waals surface area contributed by atoms with Crippen molar-refractivity contribution >= 4 is 17.5 Å². The molecule has 2 amide bonds. The predicted octanol–water partition coefficient (Wildman–Crippen LogP) is 2.46. The second kappa shape index (κ2) is 8.79. The molecule has 0 aliphatic carbocycles. The van der Waals surface area contributed by atoms with Crippen LogP contribution in [0.15, 0.2) is 84.2 Å². The maximum Gasteiger partial charge on any atom is 0.309 e. The number of benzene rings is 2. The van der Waals surface area contributed by atoms with Crippen LogP contribution in [0.3, 0.4) is 0 Å². The molecule has 0 saturated carbocycles. The molecule has 0 unspecified atom stereocenters. The van der Waals surface area contributed by atoms with Crippen molar-refractivity contribution in [1.29, 1.82) is 0 Å². The van der Waals surface area contributed by atoms with E-state index >= 15 is 0 Å². The molecule has 0 radical (unpaired) electrons. The Kier molecular flexibility index (Phi) is 5.75. The first-order valence-corrected chi connectivity index (χ1v) is 9.93. The third kappa shape index (κ3) is 4.45. The molecule has 4 rings (SSSR count). The molecule has 7 nitrogen and oxygen atoms in total. The number of hydrogen-bond acceptors (Lipinski definition) is 4. The van der Waals surface area contributed by atoms with Crippen molar-refractivity contribution in [2.45, 2.75) is 19.0 Å². The Bertz CT molecular complexity index is 1130. The molecular weight excluding hydrogens is 392 g/mol. The van der Waals surface area contributed by atoms with Gasteiger partial charge in [0.15, 0.2) is 12.4 Å². The van der Waals surface area contributed by atoms with E-state index in [-0.39, 0.29) is 18.5 Å². The summed E-state index contributed by atoms with van der Waals surface area (Å²) in [6.45, 7) is 0.0410. The van der Waals surface area contributed by atoms with Gasteiger partial charge in [0.05, 0.1) is 18.9 Å². The zero-order valence-electron chi connectivity index (χ0n) is 17.1. The first-order chi connectivity index (χ1) is 15.0. The molecule has 2 aromatic carbocycles. The number of aromatic nitrogens is 1. The molecule has 1 aliphatic rings. The number of nitrogens with zero attached hydrogens (tertiary/aromatic N) is 3. The third-order valence-corrected chi connectivity index (χ3v) is 5.23. The van der Waals surface area contributed by atoms with Gasteiger partial charge in [-0.25, -0.2) is 5.01 Å². The summed E-state index contributed by atoms with van der Waals surface area (Å²) in [5, 5.41) is 6.21. The highest BCUT2D eigenvalue weighted by atomic mass is 16.5. The SMILES string of the molecule is COc1ccc([C@@H]2CC(c3ccccc3)=NN2C(=O)C[n+]2cccc(C(N)=O)c2)cc1. The summed E-state index contributed by atoms with van der Waals surface area (Å²) in [7, 11) is 1.62. The van der Waals surface area contributed by atoms with Gasteiger partial charge in [-0.15, -0.1) is 0 Å². The molecule has 31 heavy (non-hydrogen) atoms. The van der Waals surface area contributed by atoms with Crippen molar-refractivity contribution < 1.29 is 18.9 Å². The molecule has 1 atom stereocenters. The van der Waals surface area contributed by atoms with Crippen LogP contribution in [-0.4, -0.2) is 29.6 Å². The van der Waals surface area contributed by atoms with E-state index in [1.54, 1.807) is 36.2 Å². The summed E-state index contributed by atoms with van der Waals surface area (Å²) < 4.78 is 6.90. The van der Waals surface area contributed by atoms with Crippen molar-refractivity contribution in [3.63, 3.8) is 0 Å². The maximum atomic E-state index is 13.2. The molecule has 0 fully saturated rings. The van der Waals surface area contributed by atoms with Crippen LogP contribution in [0, 0.1) is 0 Å². The largest absolute Gasteiger partial charge is 0.497 e. The van der Waals surface area contributed by atoms with Gasteiger partial charge < -0.3 is 10.5 Å². The van der Waals surface area contributed by atoms with Crippen molar-refractivity contribution in [1.82, 2.24) is 5.01 Å². The number of pyridine rings is 1. The molecular formula is C24H23N4O3+. The van der Waals surface area contributed by atoms with Crippen LogP contribution in [0.4, 0.5) is 0 Å². The minimum atomic E-state index is -0.538. The normalized spacial score (nSPS) is 15.5. The van der Waals surface area contributed by atoms with Gasteiger partial charge in [-0.3, -0.25) is 9.59 Å². The Labute approximate surface area is 180 Å². The average molecular weight is 415 g/mol.